The minimum absolute atomic E-state index is 0.0951. The second-order valence-corrected chi connectivity index (χ2v) is 15.0. The maximum absolute atomic E-state index is 9.97. The van der Waals surface area contributed by atoms with E-state index in [-0.39, 0.29) is 43.2 Å². The molecule has 292 valence electrons. The van der Waals surface area contributed by atoms with Gasteiger partial charge in [-0.3, -0.25) is 4.74 Å². The lowest BCUT2D eigenvalue weighted by Gasteiger charge is -2.37. The molecule has 3 N–H and O–H groups in total. The second-order valence-electron chi connectivity index (χ2n) is 15.0. The van der Waals surface area contributed by atoms with Crippen molar-refractivity contribution in [2.75, 3.05) is 27.9 Å². The van der Waals surface area contributed by atoms with E-state index in [0.29, 0.717) is 19.3 Å². The molecule has 0 aromatic rings. The molecular weight excluding hydrogens is 660 g/mol. The Morgan fingerprint density at radius 1 is 0.560 bits per heavy atom. The van der Waals surface area contributed by atoms with Crippen LogP contribution < -0.4 is 0 Å². The Labute approximate surface area is 297 Å². The van der Waals surface area contributed by atoms with E-state index in [1.54, 1.807) is 42.1 Å². The van der Waals surface area contributed by atoms with Crippen molar-refractivity contribution >= 4 is 0 Å². The van der Waals surface area contributed by atoms with E-state index in [1.807, 2.05) is 48.5 Å². The summed E-state index contributed by atoms with van der Waals surface area (Å²) in [4.78, 5) is 0. The van der Waals surface area contributed by atoms with Crippen molar-refractivity contribution in [3.05, 3.63) is 6.92 Å². The van der Waals surface area contributed by atoms with Gasteiger partial charge in [-0.1, -0.05) is 20.8 Å². The third-order valence-electron chi connectivity index (χ3n) is 10.7. The van der Waals surface area contributed by atoms with Gasteiger partial charge in [-0.25, -0.2) is 0 Å². The number of aliphatic hydroxyl groups is 3. The number of methoxy groups -OCH3 is 3. The quantitative estimate of drug-likeness (QED) is 0.296. The molecule has 0 aliphatic carbocycles. The van der Waals surface area contributed by atoms with Gasteiger partial charge in [-0.15, -0.1) is 0 Å². The third kappa shape index (κ3) is 7.49. The van der Waals surface area contributed by atoms with Crippen LogP contribution in [0.15, 0.2) is 0 Å². The topological polar surface area (TPSA) is 171 Å². The molecule has 0 saturated carbocycles. The maximum atomic E-state index is 9.97. The van der Waals surface area contributed by atoms with Crippen LogP contribution in [-0.2, 0) is 56.8 Å². The molecule has 6 heterocycles. The predicted molar refractivity (Wildman–Crippen MR) is 176 cm³/mol. The fraction of sp³-hybridized carbons (Fsp3) is 0.971. The monoisotopic (exact) mass is 723 g/mol. The molecule has 6 fully saturated rings. The van der Waals surface area contributed by atoms with Crippen molar-refractivity contribution in [2.45, 2.75) is 190 Å². The van der Waals surface area contributed by atoms with Crippen LogP contribution >= 0.6 is 0 Å². The van der Waals surface area contributed by atoms with Gasteiger partial charge < -0.3 is 67.4 Å². The zero-order chi connectivity index (χ0) is 37.7. The average Bonchev–Trinajstić information content (AvgIpc) is 3.81. The first-order valence-electron chi connectivity index (χ1n) is 17.7. The molecule has 15 atom stereocenters. The van der Waals surface area contributed by atoms with Crippen LogP contribution in [0.5, 0.6) is 0 Å². The van der Waals surface area contributed by atoms with Crippen LogP contribution in [0.1, 0.15) is 88.5 Å². The lowest BCUT2D eigenvalue weighted by Crippen LogP contribution is -2.52. The molecule has 0 radical (unpaired) electrons. The zero-order valence-electron chi connectivity index (χ0n) is 32.1. The molecule has 1 unspecified atom stereocenters. The Balaban J connectivity index is 0.000000169. The van der Waals surface area contributed by atoms with E-state index in [0.717, 1.165) is 0 Å². The Kier molecular flexibility index (Phi) is 12.8. The highest BCUT2D eigenvalue weighted by atomic mass is 16.9. The van der Waals surface area contributed by atoms with Crippen LogP contribution in [0.25, 0.3) is 0 Å². The molecule has 6 rings (SSSR count). The van der Waals surface area contributed by atoms with Crippen molar-refractivity contribution < 1.29 is 72.2 Å². The highest BCUT2D eigenvalue weighted by molar-refractivity contribution is 5.08. The summed E-state index contributed by atoms with van der Waals surface area (Å²) in [5, 5.41) is 29.4. The first-order chi connectivity index (χ1) is 23.2. The molecule has 50 heavy (non-hydrogen) atoms. The smallest absolute Gasteiger partial charge is 0.314 e. The molecule has 0 bridgehead atoms. The number of hydrogen-bond acceptors (Lipinski definition) is 15. The van der Waals surface area contributed by atoms with Gasteiger partial charge in [0.15, 0.2) is 30.4 Å². The first kappa shape index (κ1) is 42.0. The van der Waals surface area contributed by atoms with Crippen LogP contribution in [0.4, 0.5) is 0 Å². The van der Waals surface area contributed by atoms with Gasteiger partial charge >= 0.3 is 5.79 Å². The van der Waals surface area contributed by atoms with Crippen LogP contribution in [0, 0.1) is 6.92 Å². The molecule has 6 aliphatic heterocycles. The lowest BCUT2D eigenvalue weighted by molar-refractivity contribution is -0.259. The summed E-state index contributed by atoms with van der Waals surface area (Å²) in [6.45, 7) is 22.1. The number of ether oxygens (including phenoxy) is 12. The van der Waals surface area contributed by atoms with E-state index in [1.165, 1.54) is 0 Å². The summed E-state index contributed by atoms with van der Waals surface area (Å²) in [5.74, 6) is -2.23. The number of fused-ring (bicyclic) bond motifs is 3. The van der Waals surface area contributed by atoms with E-state index in [2.05, 4.69) is 6.92 Å². The average molecular weight is 724 g/mol. The Morgan fingerprint density at radius 2 is 0.940 bits per heavy atom. The molecule has 0 amide bonds. The standard InChI is InChI=1S/C12H22O5.C12H21O5.C11H20O5/c2*1-6-12(7(2)13)9(14-5)8-10(17-12)16-11(3,4)15-8;1-5-11(6-12)8(13-4)7-9(16-11)15-10(2,3)14-7/h7-10,13H,6H2,1-5H3;7-10,13H,3,6H2,1-2,4-5H3;7-9,12H,5-6H2,1-4H3/q;+1;/t7-,8-,9+,10+,12-;7-,8+,9-,10-,11?,12+;7-,8+,9+,11-/m101/s1. The van der Waals surface area contributed by atoms with Gasteiger partial charge in [0.2, 0.25) is 0 Å². The van der Waals surface area contributed by atoms with Gasteiger partial charge in [-0.2, -0.15) is 0 Å². The first-order valence-corrected chi connectivity index (χ1v) is 17.7. The summed E-state index contributed by atoms with van der Waals surface area (Å²) in [6, 6.07) is 0. The fourth-order valence-electron chi connectivity index (χ4n) is 8.18. The highest BCUT2D eigenvalue weighted by Crippen LogP contribution is 2.48. The van der Waals surface area contributed by atoms with Crippen LogP contribution in [0.3, 0.4) is 0 Å². The Morgan fingerprint density at radius 3 is 1.30 bits per heavy atom. The van der Waals surface area contributed by atoms with Gasteiger partial charge in [-0.05, 0) is 60.8 Å². The molecule has 6 aliphatic rings. The summed E-state index contributed by atoms with van der Waals surface area (Å²) in [7, 11) is 4.80. The van der Waals surface area contributed by atoms with Crippen molar-refractivity contribution in [2.24, 2.45) is 0 Å². The molecule has 0 aromatic carbocycles. The summed E-state index contributed by atoms with van der Waals surface area (Å²) >= 11 is 0. The van der Waals surface area contributed by atoms with Gasteiger partial charge in [0.1, 0.15) is 60.4 Å². The van der Waals surface area contributed by atoms with Gasteiger partial charge in [0.25, 0.3) is 0 Å². The van der Waals surface area contributed by atoms with Crippen LogP contribution in [0.2, 0.25) is 0 Å². The zero-order valence-corrected chi connectivity index (χ0v) is 32.1. The largest absolute Gasteiger partial charge is 0.393 e. The molecule has 15 nitrogen and oxygen atoms in total. The molecular formula is C35H63O15+. The van der Waals surface area contributed by atoms with Crippen molar-refractivity contribution in [3.8, 4) is 0 Å². The summed E-state index contributed by atoms with van der Waals surface area (Å²) < 4.78 is 68.1. The van der Waals surface area contributed by atoms with Gasteiger partial charge in [0, 0.05) is 28.3 Å². The molecule has 15 heteroatoms. The number of rotatable bonds is 9. The van der Waals surface area contributed by atoms with E-state index in [4.69, 9.17) is 56.8 Å². The van der Waals surface area contributed by atoms with Crippen molar-refractivity contribution in [1.29, 1.82) is 0 Å². The van der Waals surface area contributed by atoms with Gasteiger partial charge in [0.05, 0.1) is 18.8 Å². The minimum atomic E-state index is -0.912. The summed E-state index contributed by atoms with van der Waals surface area (Å²) in [6.07, 6.45) is -2.72. The third-order valence-corrected chi connectivity index (χ3v) is 10.7. The highest BCUT2D eigenvalue weighted by Gasteiger charge is 2.66. The Bertz CT molecular complexity index is 1050. The number of aliphatic hydroxyl groups excluding tert-OH is 3. The minimum Gasteiger partial charge on any atom is -0.393 e. The van der Waals surface area contributed by atoms with Crippen LogP contribution in [-0.4, -0.2) is 145 Å². The SMILES string of the molecule is CC[C@]1(CO)O[C@@H]2OC(C)(C)O[C@@H]2[C@@H]1OC.CC[C@]1([C@@H](C)O)O[C@@H]2OC(C)(C)O[C@@H]2[C@@H]1OC.[CH2+]C1(C)O[C@H]2O[C@](CC)([C@H](C)O)[C@@H](OC)[C@H]2O1. The van der Waals surface area contributed by atoms with E-state index >= 15 is 0 Å². The predicted octanol–water partition coefficient (Wildman–Crippen LogP) is 2.54. The maximum Gasteiger partial charge on any atom is 0.314 e. The fourth-order valence-corrected chi connectivity index (χ4v) is 8.18. The van der Waals surface area contributed by atoms with Crippen molar-refractivity contribution in [1.82, 2.24) is 0 Å². The second kappa shape index (κ2) is 15.2. The molecule has 6 saturated heterocycles. The summed E-state index contributed by atoms with van der Waals surface area (Å²) in [5.41, 5.74) is -2.23. The van der Waals surface area contributed by atoms with Crippen molar-refractivity contribution in [3.63, 3.8) is 0 Å². The lowest BCUT2D eigenvalue weighted by atomic mass is 9.87. The van der Waals surface area contributed by atoms with E-state index in [9.17, 15) is 15.3 Å². The van der Waals surface area contributed by atoms with E-state index < -0.39 is 65.2 Å². The normalized spacial score (nSPS) is 47.8. The molecule has 0 spiro atoms. The molecule has 0 aromatic heterocycles. The number of hydrogen-bond donors (Lipinski definition) is 3. The Hall–Kier alpha value is -0.730.